The summed E-state index contributed by atoms with van der Waals surface area (Å²) in [7, 11) is 0. The maximum Gasteiger partial charge on any atom is 0.237 e. The van der Waals surface area contributed by atoms with Crippen LogP contribution in [0.3, 0.4) is 0 Å². The molecule has 1 atom stereocenters. The lowest BCUT2D eigenvalue weighted by molar-refractivity contribution is -0.122. The zero-order valence-electron chi connectivity index (χ0n) is 11.4. The van der Waals surface area contributed by atoms with Crippen molar-refractivity contribution in [3.8, 4) is 5.75 Å². The highest BCUT2D eigenvalue weighted by Crippen LogP contribution is 2.14. The fourth-order valence-corrected chi connectivity index (χ4v) is 2.14. The lowest BCUT2D eigenvalue weighted by Gasteiger charge is -2.13. The molecule has 2 rings (SSSR count). The van der Waals surface area contributed by atoms with Gasteiger partial charge in [-0.05, 0) is 35.7 Å². The fraction of sp³-hybridized carbons (Fsp3) is 0.188. The molecule has 2 aromatic rings. The predicted octanol–water partition coefficient (Wildman–Crippen LogP) is 2.23. The van der Waals surface area contributed by atoms with Crippen molar-refractivity contribution in [2.75, 3.05) is 0 Å². The van der Waals surface area contributed by atoms with Crippen molar-refractivity contribution in [1.82, 2.24) is 5.32 Å². The summed E-state index contributed by atoms with van der Waals surface area (Å²) in [6.45, 7) is 0.349. The Morgan fingerprint density at radius 1 is 1.19 bits per heavy atom. The number of halogens is 1. The molecule has 0 aliphatic rings. The van der Waals surface area contributed by atoms with Crippen LogP contribution >= 0.6 is 11.6 Å². The van der Waals surface area contributed by atoms with E-state index in [1.54, 1.807) is 30.3 Å². The van der Waals surface area contributed by atoms with Crippen molar-refractivity contribution in [1.29, 1.82) is 0 Å². The van der Waals surface area contributed by atoms with Gasteiger partial charge in [-0.25, -0.2) is 0 Å². The second kappa shape index (κ2) is 7.11. The molecular weight excluding hydrogens is 288 g/mol. The molecule has 4 nitrogen and oxygen atoms in total. The van der Waals surface area contributed by atoms with Gasteiger partial charge in [0.15, 0.2) is 0 Å². The number of nitrogens with one attached hydrogen (secondary N) is 1. The lowest BCUT2D eigenvalue weighted by Crippen LogP contribution is -2.41. The minimum atomic E-state index is -0.642. The maximum absolute atomic E-state index is 12.0. The topological polar surface area (TPSA) is 75.3 Å². The average molecular weight is 305 g/mol. The Labute approximate surface area is 128 Å². The SMILES string of the molecule is N[C@@H](Cc1ccc(O)cc1)C(=O)NCc1ccccc1Cl. The van der Waals surface area contributed by atoms with E-state index in [1.807, 2.05) is 18.2 Å². The number of carbonyl (C=O) groups excluding carboxylic acids is 1. The molecule has 0 saturated carbocycles. The summed E-state index contributed by atoms with van der Waals surface area (Å²) in [5.74, 6) is -0.0431. The normalized spacial score (nSPS) is 11.9. The quantitative estimate of drug-likeness (QED) is 0.793. The second-order valence-corrected chi connectivity index (χ2v) is 5.19. The van der Waals surface area contributed by atoms with Crippen molar-refractivity contribution in [2.45, 2.75) is 19.0 Å². The van der Waals surface area contributed by atoms with Crippen molar-refractivity contribution in [3.05, 3.63) is 64.7 Å². The molecule has 0 heterocycles. The van der Waals surface area contributed by atoms with E-state index in [2.05, 4.69) is 5.32 Å². The first-order valence-corrected chi connectivity index (χ1v) is 6.98. The molecule has 0 aliphatic heterocycles. The van der Waals surface area contributed by atoms with Crippen LogP contribution in [0, 0.1) is 0 Å². The molecular formula is C16H17ClN2O2. The van der Waals surface area contributed by atoms with Gasteiger partial charge in [-0.2, -0.15) is 0 Å². The van der Waals surface area contributed by atoms with Crippen LogP contribution in [0.5, 0.6) is 5.75 Å². The van der Waals surface area contributed by atoms with Crippen LogP contribution in [-0.4, -0.2) is 17.1 Å². The minimum Gasteiger partial charge on any atom is -0.508 e. The van der Waals surface area contributed by atoms with Crippen molar-refractivity contribution >= 4 is 17.5 Å². The molecule has 0 spiro atoms. The summed E-state index contributed by atoms with van der Waals surface area (Å²) in [6, 6.07) is 13.3. The zero-order chi connectivity index (χ0) is 15.2. The third-order valence-electron chi connectivity index (χ3n) is 3.14. The summed E-state index contributed by atoms with van der Waals surface area (Å²) in [5, 5.41) is 12.6. The first-order valence-electron chi connectivity index (χ1n) is 6.61. The molecule has 2 aromatic carbocycles. The van der Waals surface area contributed by atoms with E-state index in [0.717, 1.165) is 11.1 Å². The van der Waals surface area contributed by atoms with Gasteiger partial charge in [0, 0.05) is 11.6 Å². The van der Waals surface area contributed by atoms with Crippen LogP contribution in [0.2, 0.25) is 5.02 Å². The lowest BCUT2D eigenvalue weighted by atomic mass is 10.1. The number of nitrogens with two attached hydrogens (primary N) is 1. The van der Waals surface area contributed by atoms with E-state index < -0.39 is 6.04 Å². The van der Waals surface area contributed by atoms with Gasteiger partial charge in [0.05, 0.1) is 6.04 Å². The second-order valence-electron chi connectivity index (χ2n) is 4.79. The van der Waals surface area contributed by atoms with Gasteiger partial charge in [0.1, 0.15) is 5.75 Å². The standard InChI is InChI=1S/C16H17ClN2O2/c17-14-4-2-1-3-12(14)10-19-16(21)15(18)9-11-5-7-13(20)8-6-11/h1-8,15,20H,9-10,18H2,(H,19,21)/t15-/m0/s1. The number of hydrogen-bond acceptors (Lipinski definition) is 3. The summed E-state index contributed by atoms with van der Waals surface area (Å²) < 4.78 is 0. The summed E-state index contributed by atoms with van der Waals surface area (Å²) in [4.78, 5) is 12.0. The molecule has 0 bridgehead atoms. The summed E-state index contributed by atoms with van der Waals surface area (Å²) >= 11 is 6.03. The van der Waals surface area contributed by atoms with Crippen LogP contribution in [-0.2, 0) is 17.8 Å². The van der Waals surface area contributed by atoms with E-state index in [1.165, 1.54) is 0 Å². The van der Waals surface area contributed by atoms with Gasteiger partial charge in [-0.15, -0.1) is 0 Å². The molecule has 4 N–H and O–H groups in total. The number of carbonyl (C=O) groups is 1. The molecule has 0 radical (unpaired) electrons. The number of phenolic OH excluding ortho intramolecular Hbond substituents is 1. The Balaban J connectivity index is 1.88. The molecule has 0 unspecified atom stereocenters. The predicted molar refractivity (Wildman–Crippen MR) is 83.1 cm³/mol. The van der Waals surface area contributed by atoms with Crippen molar-refractivity contribution < 1.29 is 9.90 Å². The fourth-order valence-electron chi connectivity index (χ4n) is 1.93. The first kappa shape index (κ1) is 15.4. The van der Waals surface area contributed by atoms with E-state index in [4.69, 9.17) is 17.3 Å². The monoisotopic (exact) mass is 304 g/mol. The number of amides is 1. The van der Waals surface area contributed by atoms with E-state index in [0.29, 0.717) is 18.0 Å². The number of rotatable bonds is 5. The van der Waals surface area contributed by atoms with Gasteiger partial charge in [-0.3, -0.25) is 4.79 Å². The Kier molecular flexibility index (Phi) is 5.20. The highest BCUT2D eigenvalue weighted by Gasteiger charge is 2.14. The first-order chi connectivity index (χ1) is 10.1. The molecule has 21 heavy (non-hydrogen) atoms. The number of hydrogen-bond donors (Lipinski definition) is 3. The van der Waals surface area contributed by atoms with Crippen LogP contribution in [0.25, 0.3) is 0 Å². The molecule has 0 fully saturated rings. The van der Waals surface area contributed by atoms with E-state index >= 15 is 0 Å². The molecule has 1 amide bonds. The number of benzene rings is 2. The molecule has 0 aromatic heterocycles. The molecule has 0 saturated heterocycles. The largest absolute Gasteiger partial charge is 0.508 e. The van der Waals surface area contributed by atoms with E-state index in [-0.39, 0.29) is 11.7 Å². The van der Waals surface area contributed by atoms with Crippen LogP contribution in [0.4, 0.5) is 0 Å². The Hall–Kier alpha value is -2.04. The summed E-state index contributed by atoms with van der Waals surface area (Å²) in [6.07, 6.45) is 0.411. The minimum absolute atomic E-state index is 0.190. The zero-order valence-corrected chi connectivity index (χ0v) is 12.2. The maximum atomic E-state index is 12.0. The average Bonchev–Trinajstić information content (AvgIpc) is 2.48. The van der Waals surface area contributed by atoms with Gasteiger partial charge < -0.3 is 16.2 Å². The smallest absolute Gasteiger partial charge is 0.237 e. The van der Waals surface area contributed by atoms with Gasteiger partial charge in [0.25, 0.3) is 0 Å². The highest BCUT2D eigenvalue weighted by molar-refractivity contribution is 6.31. The third kappa shape index (κ3) is 4.48. The van der Waals surface area contributed by atoms with Crippen molar-refractivity contribution in [2.24, 2.45) is 5.73 Å². The number of aromatic hydroxyl groups is 1. The van der Waals surface area contributed by atoms with Gasteiger partial charge in [-0.1, -0.05) is 41.9 Å². The Bertz CT molecular complexity index is 614. The van der Waals surface area contributed by atoms with Crippen LogP contribution in [0.15, 0.2) is 48.5 Å². The summed E-state index contributed by atoms with van der Waals surface area (Å²) in [5.41, 5.74) is 7.63. The van der Waals surface area contributed by atoms with Gasteiger partial charge >= 0.3 is 0 Å². The molecule has 110 valence electrons. The Morgan fingerprint density at radius 3 is 2.52 bits per heavy atom. The van der Waals surface area contributed by atoms with Crippen LogP contribution in [0.1, 0.15) is 11.1 Å². The third-order valence-corrected chi connectivity index (χ3v) is 3.51. The van der Waals surface area contributed by atoms with E-state index in [9.17, 15) is 9.90 Å². The molecule has 5 heteroatoms. The van der Waals surface area contributed by atoms with Crippen molar-refractivity contribution in [3.63, 3.8) is 0 Å². The Morgan fingerprint density at radius 2 is 1.86 bits per heavy atom. The number of phenols is 1. The van der Waals surface area contributed by atoms with Crippen LogP contribution < -0.4 is 11.1 Å². The van der Waals surface area contributed by atoms with Gasteiger partial charge in [0.2, 0.25) is 5.91 Å². The molecule has 0 aliphatic carbocycles. The highest BCUT2D eigenvalue weighted by atomic mass is 35.5.